The number of hydrogen-bond donors (Lipinski definition) is 2. The Morgan fingerprint density at radius 1 is 1.04 bits per heavy atom. The third-order valence-electron chi connectivity index (χ3n) is 4.68. The number of carbonyl (C=O) groups is 1. The molecule has 2 heterocycles. The molecular weight excluding hydrogens is 336 g/mol. The number of H-pyrrole nitrogens is 1. The van der Waals surface area contributed by atoms with E-state index in [0.717, 1.165) is 27.7 Å². The topological polar surface area (TPSA) is 70.7 Å². The van der Waals surface area contributed by atoms with Crippen molar-refractivity contribution >= 4 is 16.8 Å². The summed E-state index contributed by atoms with van der Waals surface area (Å²) in [7, 11) is 0. The summed E-state index contributed by atoms with van der Waals surface area (Å²) < 4.78 is 0. The average Bonchev–Trinajstić information content (AvgIpc) is 3.13. The van der Waals surface area contributed by atoms with Crippen molar-refractivity contribution in [3.63, 3.8) is 0 Å². The van der Waals surface area contributed by atoms with Crippen molar-refractivity contribution < 1.29 is 4.79 Å². The van der Waals surface area contributed by atoms with E-state index in [-0.39, 0.29) is 11.8 Å². The molecule has 5 nitrogen and oxygen atoms in total. The molecule has 1 atom stereocenters. The molecule has 4 rings (SSSR count). The molecule has 0 bridgehead atoms. The monoisotopic (exact) mass is 356 g/mol. The molecule has 0 aliphatic carbocycles. The van der Waals surface area contributed by atoms with Gasteiger partial charge in [0.25, 0.3) is 5.91 Å². The van der Waals surface area contributed by atoms with Gasteiger partial charge in [-0.1, -0.05) is 48.5 Å². The van der Waals surface area contributed by atoms with E-state index < -0.39 is 0 Å². The van der Waals surface area contributed by atoms with Crippen molar-refractivity contribution in [1.29, 1.82) is 0 Å². The van der Waals surface area contributed by atoms with Crippen molar-refractivity contribution in [2.45, 2.75) is 12.8 Å². The standard InChI is InChI=1S/C22H20N4O/c1-15-11-24-21(14-23-15)22(27)26-12-18(16-7-3-2-4-8-16)19-13-25-20-10-6-5-9-17(19)20/h2-11,13-14,18,25H,12H2,1H3,(H,26,27). The largest absolute Gasteiger partial charge is 0.361 e. The van der Waals surface area contributed by atoms with E-state index in [2.05, 4.69) is 44.5 Å². The zero-order valence-corrected chi connectivity index (χ0v) is 15.0. The maximum absolute atomic E-state index is 12.5. The first-order valence-electron chi connectivity index (χ1n) is 8.90. The number of para-hydroxylation sites is 1. The van der Waals surface area contributed by atoms with Crippen LogP contribution in [0.1, 0.15) is 33.2 Å². The Bertz CT molecular complexity index is 1050. The van der Waals surface area contributed by atoms with Crippen LogP contribution in [0.4, 0.5) is 0 Å². The van der Waals surface area contributed by atoms with Crippen molar-refractivity contribution in [1.82, 2.24) is 20.3 Å². The molecule has 0 radical (unpaired) electrons. The zero-order valence-electron chi connectivity index (χ0n) is 15.0. The molecule has 2 aromatic heterocycles. The number of amides is 1. The van der Waals surface area contributed by atoms with Gasteiger partial charge in [0, 0.05) is 35.8 Å². The van der Waals surface area contributed by atoms with Crippen molar-refractivity contribution in [2.75, 3.05) is 6.54 Å². The van der Waals surface area contributed by atoms with E-state index in [9.17, 15) is 4.79 Å². The highest BCUT2D eigenvalue weighted by Gasteiger charge is 2.19. The minimum Gasteiger partial charge on any atom is -0.361 e. The quantitative estimate of drug-likeness (QED) is 0.571. The molecule has 0 spiro atoms. The van der Waals surface area contributed by atoms with Gasteiger partial charge in [0.05, 0.1) is 11.9 Å². The van der Waals surface area contributed by atoms with Crippen LogP contribution in [0, 0.1) is 6.92 Å². The summed E-state index contributed by atoms with van der Waals surface area (Å²) in [5.41, 5.74) is 4.51. The van der Waals surface area contributed by atoms with E-state index in [1.807, 2.05) is 43.5 Å². The molecule has 2 N–H and O–H groups in total. The molecule has 2 aromatic carbocycles. The lowest BCUT2D eigenvalue weighted by Gasteiger charge is -2.18. The van der Waals surface area contributed by atoms with Gasteiger partial charge in [-0.05, 0) is 24.1 Å². The number of aryl methyl sites for hydroxylation is 1. The molecule has 0 saturated carbocycles. The van der Waals surface area contributed by atoms with Crippen LogP contribution in [0.3, 0.4) is 0 Å². The van der Waals surface area contributed by atoms with Crippen LogP contribution in [-0.2, 0) is 0 Å². The molecule has 0 fully saturated rings. The molecule has 27 heavy (non-hydrogen) atoms. The third-order valence-corrected chi connectivity index (χ3v) is 4.68. The fourth-order valence-corrected chi connectivity index (χ4v) is 3.27. The van der Waals surface area contributed by atoms with Gasteiger partial charge < -0.3 is 10.3 Å². The predicted octanol–water partition coefficient (Wildman–Crippen LogP) is 3.83. The Hall–Kier alpha value is -3.47. The molecule has 0 saturated heterocycles. The smallest absolute Gasteiger partial charge is 0.271 e. The second kappa shape index (κ2) is 7.41. The number of nitrogens with one attached hydrogen (secondary N) is 2. The third kappa shape index (κ3) is 3.58. The fourth-order valence-electron chi connectivity index (χ4n) is 3.27. The summed E-state index contributed by atoms with van der Waals surface area (Å²) in [5, 5.41) is 4.18. The summed E-state index contributed by atoms with van der Waals surface area (Å²) in [5.74, 6) is -0.187. The molecule has 1 unspecified atom stereocenters. The van der Waals surface area contributed by atoms with E-state index in [1.54, 1.807) is 6.20 Å². The minimum absolute atomic E-state index is 0.0321. The number of nitrogens with zero attached hydrogens (tertiary/aromatic N) is 2. The van der Waals surface area contributed by atoms with E-state index >= 15 is 0 Å². The van der Waals surface area contributed by atoms with Gasteiger partial charge in [-0.2, -0.15) is 0 Å². The van der Waals surface area contributed by atoms with Crippen LogP contribution in [0.25, 0.3) is 10.9 Å². The molecule has 134 valence electrons. The van der Waals surface area contributed by atoms with Gasteiger partial charge in [0.1, 0.15) is 5.69 Å². The highest BCUT2D eigenvalue weighted by molar-refractivity contribution is 5.92. The Balaban J connectivity index is 1.63. The summed E-state index contributed by atoms with van der Waals surface area (Å²) in [6.07, 6.45) is 5.14. The molecule has 1 amide bonds. The second-order valence-electron chi connectivity index (χ2n) is 6.51. The fraction of sp³-hybridized carbons (Fsp3) is 0.136. The lowest BCUT2D eigenvalue weighted by Crippen LogP contribution is -2.29. The summed E-state index contributed by atoms with van der Waals surface area (Å²) >= 11 is 0. The summed E-state index contributed by atoms with van der Waals surface area (Å²) in [6.45, 7) is 2.32. The number of hydrogen-bond acceptors (Lipinski definition) is 3. The molecule has 4 aromatic rings. The van der Waals surface area contributed by atoms with Gasteiger partial charge >= 0.3 is 0 Å². The van der Waals surface area contributed by atoms with Crippen molar-refractivity contribution in [3.8, 4) is 0 Å². The SMILES string of the molecule is Cc1cnc(C(=O)NCC(c2ccccc2)c2c[nH]c3ccccc23)cn1. The maximum atomic E-state index is 12.5. The van der Waals surface area contributed by atoms with Crippen LogP contribution in [0.15, 0.2) is 73.2 Å². The van der Waals surface area contributed by atoms with E-state index in [4.69, 9.17) is 0 Å². The summed E-state index contributed by atoms with van der Waals surface area (Å²) in [6, 6.07) is 18.4. The Morgan fingerprint density at radius 3 is 2.59 bits per heavy atom. The first-order chi connectivity index (χ1) is 13.2. The van der Waals surface area contributed by atoms with Crippen molar-refractivity contribution in [3.05, 3.63) is 95.7 Å². The molecule has 5 heteroatoms. The Kier molecular flexibility index (Phi) is 4.66. The number of fused-ring (bicyclic) bond motifs is 1. The lowest BCUT2D eigenvalue weighted by atomic mass is 9.91. The van der Waals surface area contributed by atoms with Gasteiger partial charge in [-0.3, -0.25) is 9.78 Å². The normalized spacial score (nSPS) is 12.0. The first-order valence-corrected chi connectivity index (χ1v) is 8.90. The molecule has 0 aliphatic heterocycles. The van der Waals surface area contributed by atoms with Crippen LogP contribution >= 0.6 is 0 Å². The predicted molar refractivity (Wildman–Crippen MR) is 106 cm³/mol. The second-order valence-corrected chi connectivity index (χ2v) is 6.51. The van der Waals surface area contributed by atoms with Gasteiger partial charge in [-0.25, -0.2) is 4.98 Å². The van der Waals surface area contributed by atoms with Gasteiger partial charge in [-0.15, -0.1) is 0 Å². The first kappa shape index (κ1) is 17.0. The summed E-state index contributed by atoms with van der Waals surface area (Å²) in [4.78, 5) is 24.1. The van der Waals surface area contributed by atoms with Crippen LogP contribution in [-0.4, -0.2) is 27.4 Å². The lowest BCUT2D eigenvalue weighted by molar-refractivity contribution is 0.0947. The minimum atomic E-state index is -0.219. The maximum Gasteiger partial charge on any atom is 0.271 e. The van der Waals surface area contributed by atoms with Crippen LogP contribution in [0.5, 0.6) is 0 Å². The van der Waals surface area contributed by atoms with E-state index in [0.29, 0.717) is 12.2 Å². The van der Waals surface area contributed by atoms with Crippen LogP contribution in [0.2, 0.25) is 0 Å². The average molecular weight is 356 g/mol. The van der Waals surface area contributed by atoms with E-state index in [1.165, 1.54) is 6.20 Å². The highest BCUT2D eigenvalue weighted by Crippen LogP contribution is 2.30. The number of aromatic nitrogens is 3. The number of benzene rings is 2. The number of rotatable bonds is 5. The van der Waals surface area contributed by atoms with Crippen molar-refractivity contribution in [2.24, 2.45) is 0 Å². The van der Waals surface area contributed by atoms with Gasteiger partial charge in [0.2, 0.25) is 0 Å². The van der Waals surface area contributed by atoms with Crippen LogP contribution < -0.4 is 5.32 Å². The highest BCUT2D eigenvalue weighted by atomic mass is 16.1. The number of aromatic amines is 1. The Labute approximate surface area is 157 Å². The zero-order chi connectivity index (χ0) is 18.6. The molecular formula is C22H20N4O. The van der Waals surface area contributed by atoms with Gasteiger partial charge in [0.15, 0.2) is 0 Å². The Morgan fingerprint density at radius 2 is 1.81 bits per heavy atom. The molecule has 0 aliphatic rings. The number of carbonyl (C=O) groups excluding carboxylic acids is 1.